The Kier molecular flexibility index (Phi) is 17.6. The van der Waals surface area contributed by atoms with Gasteiger partial charge in [0, 0.05) is 6.42 Å². The van der Waals surface area contributed by atoms with Crippen LogP contribution >= 0.6 is 0 Å². The Hall–Kier alpha value is -4.14. The van der Waals surface area contributed by atoms with Gasteiger partial charge >= 0.3 is 18.1 Å². The van der Waals surface area contributed by atoms with Gasteiger partial charge in [-0.3, -0.25) is 4.79 Å². The maximum absolute atomic E-state index is 12.9. The number of carbonyl (C=O) groups excluding carboxylic acids is 2. The number of amides is 1. The SMILES string of the molecule is CCC=CCC=CCC=CCC=CCC=CCC=CCCC(=O)NCC(=O)Oc1cc(C(F)(F)F)ccc1C(=O)O. The topological polar surface area (TPSA) is 92.7 Å². The summed E-state index contributed by atoms with van der Waals surface area (Å²) in [6.07, 6.45) is 26.2. The highest BCUT2D eigenvalue weighted by atomic mass is 19.4. The van der Waals surface area contributed by atoms with E-state index in [1.807, 2.05) is 18.2 Å². The van der Waals surface area contributed by atoms with Crippen LogP contribution in [0.15, 0.2) is 91.1 Å². The van der Waals surface area contributed by atoms with Crippen LogP contribution in [0.4, 0.5) is 13.2 Å². The molecule has 6 nitrogen and oxygen atoms in total. The van der Waals surface area contributed by atoms with E-state index in [1.54, 1.807) is 0 Å². The third kappa shape index (κ3) is 17.2. The fraction of sp³-hybridized carbons (Fsp3) is 0.344. The summed E-state index contributed by atoms with van der Waals surface area (Å²) in [4.78, 5) is 35.1. The molecule has 222 valence electrons. The first-order valence-corrected chi connectivity index (χ1v) is 13.5. The van der Waals surface area contributed by atoms with Gasteiger partial charge in [0.05, 0.1) is 5.56 Å². The molecule has 1 amide bonds. The van der Waals surface area contributed by atoms with Crippen molar-refractivity contribution in [1.82, 2.24) is 5.32 Å². The number of carboxylic acids is 1. The molecule has 0 radical (unpaired) electrons. The molecule has 0 bridgehead atoms. The van der Waals surface area contributed by atoms with E-state index in [2.05, 4.69) is 66.9 Å². The molecule has 0 saturated carbocycles. The van der Waals surface area contributed by atoms with Crippen molar-refractivity contribution in [1.29, 1.82) is 0 Å². The molecule has 9 heteroatoms. The molecule has 0 aliphatic heterocycles. The van der Waals surface area contributed by atoms with Gasteiger partial charge < -0.3 is 15.2 Å². The van der Waals surface area contributed by atoms with Gasteiger partial charge in [-0.1, -0.05) is 79.8 Å². The minimum absolute atomic E-state index is 0.0966. The normalized spacial score (nSPS) is 12.6. The van der Waals surface area contributed by atoms with Crippen molar-refractivity contribution in [3.8, 4) is 5.75 Å². The minimum Gasteiger partial charge on any atom is -0.478 e. The summed E-state index contributed by atoms with van der Waals surface area (Å²) in [5.41, 5.74) is -1.76. The van der Waals surface area contributed by atoms with Gasteiger partial charge in [0.25, 0.3) is 0 Å². The van der Waals surface area contributed by atoms with Crippen LogP contribution in [0.3, 0.4) is 0 Å². The second-order valence-corrected chi connectivity index (χ2v) is 8.72. The molecule has 0 aliphatic rings. The maximum Gasteiger partial charge on any atom is 0.416 e. The van der Waals surface area contributed by atoms with Crippen molar-refractivity contribution in [3.05, 3.63) is 102 Å². The summed E-state index contributed by atoms with van der Waals surface area (Å²) in [6.45, 7) is 1.51. The van der Waals surface area contributed by atoms with Crippen LogP contribution < -0.4 is 10.1 Å². The molecule has 0 atom stereocenters. The molecular formula is C32H38F3NO5. The maximum atomic E-state index is 12.9. The molecule has 0 unspecified atom stereocenters. The molecule has 1 aromatic rings. The summed E-state index contributed by atoms with van der Waals surface area (Å²) in [7, 11) is 0. The number of benzene rings is 1. The third-order valence-corrected chi connectivity index (χ3v) is 5.33. The number of aromatic carboxylic acids is 1. The number of rotatable bonds is 18. The second kappa shape index (κ2) is 20.7. The summed E-state index contributed by atoms with van der Waals surface area (Å²) in [5, 5.41) is 11.4. The smallest absolute Gasteiger partial charge is 0.416 e. The van der Waals surface area contributed by atoms with Crippen LogP contribution in [0.1, 0.15) is 74.2 Å². The van der Waals surface area contributed by atoms with Crippen LogP contribution in [0, 0.1) is 0 Å². The fourth-order valence-electron chi connectivity index (χ4n) is 3.23. The number of hydrogen-bond donors (Lipinski definition) is 2. The molecule has 41 heavy (non-hydrogen) atoms. The number of nitrogens with one attached hydrogen (secondary N) is 1. The van der Waals surface area contributed by atoms with Crippen LogP contribution in [0.25, 0.3) is 0 Å². The Morgan fingerprint density at radius 3 is 1.76 bits per heavy atom. The lowest BCUT2D eigenvalue weighted by Crippen LogP contribution is -2.32. The van der Waals surface area contributed by atoms with Gasteiger partial charge in [-0.2, -0.15) is 13.2 Å². The molecule has 0 aliphatic carbocycles. The van der Waals surface area contributed by atoms with Crippen molar-refractivity contribution >= 4 is 17.8 Å². The lowest BCUT2D eigenvalue weighted by Gasteiger charge is -2.12. The van der Waals surface area contributed by atoms with E-state index in [4.69, 9.17) is 9.84 Å². The number of hydrogen-bond acceptors (Lipinski definition) is 4. The largest absolute Gasteiger partial charge is 0.478 e. The first-order valence-electron chi connectivity index (χ1n) is 13.5. The zero-order chi connectivity index (χ0) is 30.3. The molecule has 2 N–H and O–H groups in total. The van der Waals surface area contributed by atoms with Crippen LogP contribution in [-0.2, 0) is 15.8 Å². The number of carboxylic acid groups (broad SMARTS) is 1. The van der Waals surface area contributed by atoms with Gasteiger partial charge in [-0.25, -0.2) is 9.59 Å². The van der Waals surface area contributed by atoms with Crippen molar-refractivity contribution in [2.75, 3.05) is 6.54 Å². The number of carbonyl (C=O) groups is 3. The van der Waals surface area contributed by atoms with Gasteiger partial charge in [0.15, 0.2) is 0 Å². The number of ether oxygens (including phenoxy) is 1. The first-order chi connectivity index (χ1) is 19.6. The zero-order valence-corrected chi connectivity index (χ0v) is 23.2. The molecule has 0 saturated heterocycles. The van der Waals surface area contributed by atoms with E-state index >= 15 is 0 Å². The monoisotopic (exact) mass is 573 g/mol. The molecule has 0 heterocycles. The summed E-state index contributed by atoms with van der Waals surface area (Å²) >= 11 is 0. The summed E-state index contributed by atoms with van der Waals surface area (Å²) in [6, 6.07) is 1.72. The van der Waals surface area contributed by atoms with Crippen LogP contribution in [0.5, 0.6) is 5.75 Å². The van der Waals surface area contributed by atoms with Crippen molar-refractivity contribution in [2.24, 2.45) is 0 Å². The minimum atomic E-state index is -4.74. The molecule has 1 rings (SSSR count). The van der Waals surface area contributed by atoms with Crippen molar-refractivity contribution in [2.45, 2.75) is 64.5 Å². The van der Waals surface area contributed by atoms with Gasteiger partial charge in [0.2, 0.25) is 5.91 Å². The van der Waals surface area contributed by atoms with Crippen LogP contribution in [-0.4, -0.2) is 29.5 Å². The highest BCUT2D eigenvalue weighted by Gasteiger charge is 2.32. The van der Waals surface area contributed by atoms with Gasteiger partial charge in [0.1, 0.15) is 17.9 Å². The lowest BCUT2D eigenvalue weighted by atomic mass is 10.1. The second-order valence-electron chi connectivity index (χ2n) is 8.72. The molecule has 0 spiro atoms. The molecule has 0 fully saturated rings. The number of esters is 1. The number of allylic oxidation sites excluding steroid dienone is 12. The Bertz CT molecular complexity index is 1140. The average molecular weight is 574 g/mol. The Labute approximate surface area is 239 Å². The fourth-order valence-corrected chi connectivity index (χ4v) is 3.23. The standard InChI is InChI=1S/C32H38F3NO5/c1-2-3-4-5-6-7-8-9-10-11-12-13-14-15-16-17-18-19-20-21-29(37)36-25-30(38)41-28-24-26(32(33,34)35)22-23-27(28)31(39)40/h3-4,6-7,9-10,12-13,15-16,18-19,22-24H,2,5,8,11,14,17,20-21,25H2,1H3,(H,36,37)(H,39,40). The molecular weight excluding hydrogens is 535 g/mol. The average Bonchev–Trinajstić information content (AvgIpc) is 2.92. The highest BCUT2D eigenvalue weighted by Crippen LogP contribution is 2.33. The highest BCUT2D eigenvalue weighted by molar-refractivity contribution is 5.92. The predicted octanol–water partition coefficient (Wildman–Crippen LogP) is 7.90. The van der Waals surface area contributed by atoms with E-state index in [0.29, 0.717) is 31.0 Å². The van der Waals surface area contributed by atoms with Gasteiger partial charge in [-0.05, 0) is 63.1 Å². The Balaban J connectivity index is 2.22. The predicted molar refractivity (Wildman–Crippen MR) is 154 cm³/mol. The summed E-state index contributed by atoms with van der Waals surface area (Å²) < 4.78 is 43.4. The molecule has 1 aromatic carbocycles. The van der Waals surface area contributed by atoms with E-state index in [-0.39, 0.29) is 6.42 Å². The molecule has 0 aromatic heterocycles. The number of alkyl halides is 3. The van der Waals surface area contributed by atoms with E-state index in [9.17, 15) is 27.6 Å². The van der Waals surface area contributed by atoms with E-state index in [1.165, 1.54) is 0 Å². The zero-order valence-electron chi connectivity index (χ0n) is 23.2. The van der Waals surface area contributed by atoms with Crippen molar-refractivity contribution < 1.29 is 37.4 Å². The van der Waals surface area contributed by atoms with E-state index < -0.39 is 47.4 Å². The van der Waals surface area contributed by atoms with Crippen LogP contribution in [0.2, 0.25) is 0 Å². The Morgan fingerprint density at radius 2 is 1.29 bits per heavy atom. The van der Waals surface area contributed by atoms with E-state index in [0.717, 1.165) is 32.1 Å². The third-order valence-electron chi connectivity index (χ3n) is 5.33. The summed E-state index contributed by atoms with van der Waals surface area (Å²) in [5.74, 6) is -3.84. The first kappa shape index (κ1) is 34.9. The Morgan fingerprint density at radius 1 is 0.805 bits per heavy atom. The quantitative estimate of drug-likeness (QED) is 0.106. The lowest BCUT2D eigenvalue weighted by molar-refractivity contribution is -0.139. The number of halogens is 3. The van der Waals surface area contributed by atoms with Crippen molar-refractivity contribution in [3.63, 3.8) is 0 Å². The van der Waals surface area contributed by atoms with Gasteiger partial charge in [-0.15, -0.1) is 0 Å².